The Balaban J connectivity index is 3.46. The van der Waals surface area contributed by atoms with Crippen LogP contribution in [0.15, 0.2) is 24.3 Å². The fourth-order valence-electron chi connectivity index (χ4n) is 1.85. The Kier molecular flexibility index (Phi) is 10.7. The molecule has 1 N–H and O–H groups in total. The van der Waals surface area contributed by atoms with Gasteiger partial charge < -0.3 is 5.11 Å². The summed E-state index contributed by atoms with van der Waals surface area (Å²) >= 11 is 0. The minimum atomic E-state index is -0.812. The molecule has 0 rings (SSSR count). The van der Waals surface area contributed by atoms with Crippen LogP contribution in [-0.2, 0) is 4.79 Å². The van der Waals surface area contributed by atoms with Crippen LogP contribution in [0.2, 0.25) is 0 Å². The van der Waals surface area contributed by atoms with Crippen molar-refractivity contribution in [3.63, 3.8) is 0 Å². The smallest absolute Gasteiger partial charge is 0.331 e. The number of aliphatic carboxylic acids is 1. The van der Waals surface area contributed by atoms with E-state index in [1.165, 1.54) is 38.5 Å². The van der Waals surface area contributed by atoms with Gasteiger partial charge in [-0.2, -0.15) is 0 Å². The molecule has 0 heterocycles. The highest BCUT2D eigenvalue weighted by Gasteiger charge is 2.04. The SMILES string of the molecule is C=CC=C(CCCCCCCCCC)C(=O)O. The molecule has 0 saturated heterocycles. The molecule has 2 nitrogen and oxygen atoms in total. The first-order chi connectivity index (χ1) is 8.22. The van der Waals surface area contributed by atoms with Gasteiger partial charge in [0.15, 0.2) is 0 Å². The van der Waals surface area contributed by atoms with Crippen molar-refractivity contribution in [3.8, 4) is 0 Å². The number of carbonyl (C=O) groups is 1. The van der Waals surface area contributed by atoms with Gasteiger partial charge in [0.25, 0.3) is 0 Å². The van der Waals surface area contributed by atoms with E-state index in [1.807, 2.05) is 0 Å². The van der Waals surface area contributed by atoms with Gasteiger partial charge in [0.05, 0.1) is 0 Å². The van der Waals surface area contributed by atoms with E-state index in [0.29, 0.717) is 12.0 Å². The van der Waals surface area contributed by atoms with Crippen molar-refractivity contribution >= 4 is 5.97 Å². The van der Waals surface area contributed by atoms with E-state index in [9.17, 15) is 4.79 Å². The topological polar surface area (TPSA) is 37.3 Å². The number of carboxylic acid groups (broad SMARTS) is 1. The average Bonchev–Trinajstić information content (AvgIpc) is 2.31. The summed E-state index contributed by atoms with van der Waals surface area (Å²) in [5.74, 6) is -0.812. The van der Waals surface area contributed by atoms with E-state index >= 15 is 0 Å². The molecule has 17 heavy (non-hydrogen) atoms. The molecule has 0 bridgehead atoms. The van der Waals surface area contributed by atoms with Crippen molar-refractivity contribution in [1.82, 2.24) is 0 Å². The van der Waals surface area contributed by atoms with Gasteiger partial charge in [-0.1, -0.05) is 70.6 Å². The Morgan fingerprint density at radius 1 is 1.06 bits per heavy atom. The molecule has 0 spiro atoms. The lowest BCUT2D eigenvalue weighted by Gasteiger charge is -2.02. The summed E-state index contributed by atoms with van der Waals surface area (Å²) in [5.41, 5.74) is 0.478. The molecular weight excluding hydrogens is 212 g/mol. The third-order valence-electron chi connectivity index (χ3n) is 2.89. The van der Waals surface area contributed by atoms with Crippen molar-refractivity contribution in [2.75, 3.05) is 0 Å². The molecule has 0 aliphatic carbocycles. The zero-order valence-corrected chi connectivity index (χ0v) is 11.1. The first-order valence-corrected chi connectivity index (χ1v) is 6.77. The van der Waals surface area contributed by atoms with Crippen LogP contribution < -0.4 is 0 Å². The quantitative estimate of drug-likeness (QED) is 0.321. The Labute approximate surface area is 105 Å². The first kappa shape index (κ1) is 16.0. The molecule has 0 aromatic heterocycles. The maximum Gasteiger partial charge on any atom is 0.331 e. The Morgan fingerprint density at radius 3 is 2.06 bits per heavy atom. The second kappa shape index (κ2) is 11.4. The third kappa shape index (κ3) is 9.86. The fraction of sp³-hybridized carbons (Fsp3) is 0.667. The van der Waals surface area contributed by atoms with Crippen LogP contribution in [0.4, 0.5) is 0 Å². The fourth-order valence-corrected chi connectivity index (χ4v) is 1.85. The lowest BCUT2D eigenvalue weighted by atomic mass is 10.0. The second-order valence-electron chi connectivity index (χ2n) is 4.46. The van der Waals surface area contributed by atoms with E-state index in [1.54, 1.807) is 12.2 Å². The summed E-state index contributed by atoms with van der Waals surface area (Å²) < 4.78 is 0. The van der Waals surface area contributed by atoms with Crippen LogP contribution in [0.1, 0.15) is 64.7 Å². The van der Waals surface area contributed by atoms with E-state index in [-0.39, 0.29) is 0 Å². The van der Waals surface area contributed by atoms with Crippen molar-refractivity contribution in [2.24, 2.45) is 0 Å². The molecule has 0 unspecified atom stereocenters. The molecule has 0 aliphatic heterocycles. The van der Waals surface area contributed by atoms with E-state index < -0.39 is 5.97 Å². The summed E-state index contributed by atoms with van der Waals surface area (Å²) in [7, 11) is 0. The Bertz CT molecular complexity index is 241. The molecule has 0 atom stereocenters. The molecule has 2 heteroatoms. The van der Waals surface area contributed by atoms with Crippen LogP contribution in [0.25, 0.3) is 0 Å². The third-order valence-corrected chi connectivity index (χ3v) is 2.89. The predicted octanol–water partition coefficient (Wildman–Crippen LogP) is 4.71. The minimum absolute atomic E-state index is 0.478. The lowest BCUT2D eigenvalue weighted by Crippen LogP contribution is -2.00. The predicted molar refractivity (Wildman–Crippen MR) is 73.1 cm³/mol. The molecule has 0 radical (unpaired) electrons. The van der Waals surface area contributed by atoms with Crippen LogP contribution in [0.3, 0.4) is 0 Å². The van der Waals surface area contributed by atoms with Gasteiger partial charge in [-0.05, 0) is 12.8 Å². The van der Waals surface area contributed by atoms with Gasteiger partial charge in [-0.25, -0.2) is 4.79 Å². The highest BCUT2D eigenvalue weighted by Crippen LogP contribution is 2.13. The summed E-state index contributed by atoms with van der Waals surface area (Å²) in [6.45, 7) is 5.75. The Morgan fingerprint density at radius 2 is 1.59 bits per heavy atom. The average molecular weight is 238 g/mol. The monoisotopic (exact) mass is 238 g/mol. The van der Waals surface area contributed by atoms with Gasteiger partial charge in [0, 0.05) is 5.57 Å². The van der Waals surface area contributed by atoms with Crippen LogP contribution >= 0.6 is 0 Å². The molecule has 98 valence electrons. The molecule has 0 aromatic rings. The summed E-state index contributed by atoms with van der Waals surface area (Å²) in [6, 6.07) is 0. The van der Waals surface area contributed by atoms with Gasteiger partial charge in [-0.15, -0.1) is 0 Å². The van der Waals surface area contributed by atoms with Gasteiger partial charge in [0.1, 0.15) is 0 Å². The lowest BCUT2D eigenvalue weighted by molar-refractivity contribution is -0.132. The normalized spacial score (nSPS) is 11.5. The zero-order chi connectivity index (χ0) is 12.9. The number of carboxylic acids is 1. The summed E-state index contributed by atoms with van der Waals surface area (Å²) in [5, 5.41) is 8.89. The molecule has 0 amide bonds. The van der Waals surface area contributed by atoms with Crippen LogP contribution in [0, 0.1) is 0 Å². The highest BCUT2D eigenvalue weighted by atomic mass is 16.4. The first-order valence-electron chi connectivity index (χ1n) is 6.77. The number of hydrogen-bond donors (Lipinski definition) is 1. The van der Waals surface area contributed by atoms with E-state index in [4.69, 9.17) is 5.11 Å². The largest absolute Gasteiger partial charge is 0.478 e. The number of rotatable bonds is 11. The zero-order valence-electron chi connectivity index (χ0n) is 11.1. The standard InChI is InChI=1S/C15H26O2/c1-3-5-6-7-8-9-10-11-13-14(12-4-2)15(16)17/h4,12H,2-3,5-11,13H2,1H3,(H,16,17). The maximum absolute atomic E-state index is 10.8. The van der Waals surface area contributed by atoms with Crippen molar-refractivity contribution in [2.45, 2.75) is 64.7 Å². The maximum atomic E-state index is 10.8. The molecule has 0 saturated carbocycles. The molecular formula is C15H26O2. The van der Waals surface area contributed by atoms with Crippen molar-refractivity contribution < 1.29 is 9.90 Å². The van der Waals surface area contributed by atoms with E-state index in [0.717, 1.165) is 12.8 Å². The van der Waals surface area contributed by atoms with Gasteiger partial charge in [-0.3, -0.25) is 0 Å². The molecule has 0 fully saturated rings. The number of allylic oxidation sites excluding steroid dienone is 2. The number of hydrogen-bond acceptors (Lipinski definition) is 1. The number of unbranched alkanes of at least 4 members (excludes halogenated alkanes) is 7. The van der Waals surface area contributed by atoms with Crippen LogP contribution in [0.5, 0.6) is 0 Å². The summed E-state index contributed by atoms with van der Waals surface area (Å²) in [4.78, 5) is 10.8. The van der Waals surface area contributed by atoms with E-state index in [2.05, 4.69) is 13.5 Å². The van der Waals surface area contributed by atoms with Gasteiger partial charge in [0.2, 0.25) is 0 Å². The van der Waals surface area contributed by atoms with Crippen molar-refractivity contribution in [1.29, 1.82) is 0 Å². The van der Waals surface area contributed by atoms with Crippen molar-refractivity contribution in [3.05, 3.63) is 24.3 Å². The molecule has 0 aromatic carbocycles. The van der Waals surface area contributed by atoms with Crippen LogP contribution in [-0.4, -0.2) is 11.1 Å². The Hall–Kier alpha value is -1.05. The summed E-state index contributed by atoms with van der Waals surface area (Å²) in [6.07, 6.45) is 13.7. The molecule has 0 aliphatic rings. The minimum Gasteiger partial charge on any atom is -0.478 e. The second-order valence-corrected chi connectivity index (χ2v) is 4.46. The van der Waals surface area contributed by atoms with Gasteiger partial charge >= 0.3 is 5.97 Å². The highest BCUT2D eigenvalue weighted by molar-refractivity contribution is 5.86.